The Morgan fingerprint density at radius 3 is 2.88 bits per heavy atom. The monoisotopic (exact) mass is 221 g/mol. The Balaban J connectivity index is 1.84. The molecule has 5 nitrogen and oxygen atoms in total. The molecule has 1 amide bonds. The zero-order valence-electron chi connectivity index (χ0n) is 9.18. The largest absolute Gasteiger partial charge is 0.465 e. The fourth-order valence-corrected chi connectivity index (χ4v) is 1.88. The zero-order valence-corrected chi connectivity index (χ0v) is 9.18. The maximum Gasteiger partial charge on any atom is 0.407 e. The molecule has 0 bridgehead atoms. The van der Waals surface area contributed by atoms with E-state index in [-0.39, 0.29) is 0 Å². The van der Waals surface area contributed by atoms with Crippen LogP contribution in [0.5, 0.6) is 0 Å². The van der Waals surface area contributed by atoms with Crippen molar-refractivity contribution in [2.45, 2.75) is 6.42 Å². The van der Waals surface area contributed by atoms with E-state index in [0.717, 1.165) is 17.8 Å². The normalized spacial score (nSPS) is 15.7. The van der Waals surface area contributed by atoms with Crippen molar-refractivity contribution in [1.82, 2.24) is 9.88 Å². The Morgan fingerprint density at radius 2 is 2.38 bits per heavy atom. The summed E-state index contributed by atoms with van der Waals surface area (Å²) < 4.78 is 0. The van der Waals surface area contributed by atoms with E-state index in [0.29, 0.717) is 19.0 Å². The molecule has 0 saturated carbocycles. The second-order valence-corrected chi connectivity index (χ2v) is 4.06. The maximum absolute atomic E-state index is 10.6. The molecule has 1 aromatic heterocycles. The number of pyridine rings is 1. The number of likely N-dealkylation sites (tertiary alicyclic amines) is 1. The van der Waals surface area contributed by atoms with Crippen molar-refractivity contribution in [2.75, 3.05) is 25.5 Å². The van der Waals surface area contributed by atoms with Gasteiger partial charge in [-0.05, 0) is 24.0 Å². The van der Waals surface area contributed by atoms with Gasteiger partial charge in [0, 0.05) is 26.3 Å². The number of hydrogen-bond acceptors (Lipinski definition) is 3. The number of hydrogen-bond donors (Lipinski definition) is 2. The first-order chi connectivity index (χ1) is 7.69. The number of aromatic nitrogens is 1. The minimum atomic E-state index is -0.820. The SMILES string of the molecule is CNc1ccc(CC2CN(C(=O)O)C2)cn1. The van der Waals surface area contributed by atoms with Crippen LogP contribution in [0.3, 0.4) is 0 Å². The molecular formula is C11H15N3O2. The lowest BCUT2D eigenvalue weighted by atomic mass is 9.93. The molecule has 2 rings (SSSR count). The van der Waals surface area contributed by atoms with Crippen molar-refractivity contribution < 1.29 is 9.90 Å². The molecule has 2 N–H and O–H groups in total. The molecule has 0 atom stereocenters. The van der Waals surface area contributed by atoms with Crippen LogP contribution in [-0.2, 0) is 6.42 Å². The molecule has 16 heavy (non-hydrogen) atoms. The smallest absolute Gasteiger partial charge is 0.407 e. The number of rotatable bonds is 3. The Bertz CT molecular complexity index is 371. The average Bonchev–Trinajstić information content (AvgIpc) is 2.23. The number of anilines is 1. The number of nitrogens with zero attached hydrogens (tertiary/aromatic N) is 2. The molecule has 1 aromatic rings. The van der Waals surface area contributed by atoms with Gasteiger partial charge in [0.1, 0.15) is 5.82 Å². The third-order valence-electron chi connectivity index (χ3n) is 2.83. The molecule has 2 heterocycles. The van der Waals surface area contributed by atoms with Crippen molar-refractivity contribution in [1.29, 1.82) is 0 Å². The summed E-state index contributed by atoms with van der Waals surface area (Å²) in [5, 5.41) is 11.7. The van der Waals surface area contributed by atoms with Gasteiger partial charge in [-0.2, -0.15) is 0 Å². The van der Waals surface area contributed by atoms with Crippen molar-refractivity contribution >= 4 is 11.9 Å². The zero-order chi connectivity index (χ0) is 11.5. The molecule has 1 aliphatic rings. The molecule has 86 valence electrons. The molecule has 5 heteroatoms. The van der Waals surface area contributed by atoms with Crippen LogP contribution in [0.4, 0.5) is 10.6 Å². The second-order valence-electron chi connectivity index (χ2n) is 4.06. The maximum atomic E-state index is 10.6. The lowest BCUT2D eigenvalue weighted by Crippen LogP contribution is -2.50. The highest BCUT2D eigenvalue weighted by atomic mass is 16.4. The molecule has 0 spiro atoms. The Labute approximate surface area is 94.1 Å². The highest BCUT2D eigenvalue weighted by Gasteiger charge is 2.30. The first-order valence-electron chi connectivity index (χ1n) is 5.29. The minimum absolute atomic E-state index is 0.443. The van der Waals surface area contributed by atoms with E-state index >= 15 is 0 Å². The number of amides is 1. The van der Waals surface area contributed by atoms with Gasteiger partial charge in [0.2, 0.25) is 0 Å². The number of carboxylic acid groups (broad SMARTS) is 1. The summed E-state index contributed by atoms with van der Waals surface area (Å²) in [5.41, 5.74) is 1.16. The molecule has 0 aromatic carbocycles. The van der Waals surface area contributed by atoms with E-state index in [1.165, 1.54) is 4.90 Å². The van der Waals surface area contributed by atoms with E-state index in [1.807, 2.05) is 25.4 Å². The van der Waals surface area contributed by atoms with E-state index in [1.54, 1.807) is 0 Å². The predicted octanol–water partition coefficient (Wildman–Crippen LogP) is 1.28. The fraction of sp³-hybridized carbons (Fsp3) is 0.455. The second kappa shape index (κ2) is 4.38. The number of carbonyl (C=O) groups is 1. The Morgan fingerprint density at radius 1 is 1.62 bits per heavy atom. The van der Waals surface area contributed by atoms with Crippen molar-refractivity contribution in [3.63, 3.8) is 0 Å². The number of nitrogens with one attached hydrogen (secondary N) is 1. The molecular weight excluding hydrogens is 206 g/mol. The van der Waals surface area contributed by atoms with Gasteiger partial charge in [0.25, 0.3) is 0 Å². The summed E-state index contributed by atoms with van der Waals surface area (Å²) in [7, 11) is 1.83. The first-order valence-corrected chi connectivity index (χ1v) is 5.29. The van der Waals surface area contributed by atoms with Crippen LogP contribution in [-0.4, -0.2) is 41.2 Å². The van der Waals surface area contributed by atoms with Gasteiger partial charge in [-0.25, -0.2) is 9.78 Å². The van der Waals surface area contributed by atoms with Crippen molar-refractivity contribution in [2.24, 2.45) is 5.92 Å². The highest BCUT2D eigenvalue weighted by molar-refractivity contribution is 5.66. The van der Waals surface area contributed by atoms with Gasteiger partial charge >= 0.3 is 6.09 Å². The molecule has 1 saturated heterocycles. The van der Waals surface area contributed by atoms with Crippen LogP contribution in [0.15, 0.2) is 18.3 Å². The van der Waals surface area contributed by atoms with E-state index in [2.05, 4.69) is 10.3 Å². The Hall–Kier alpha value is -1.78. The predicted molar refractivity (Wildman–Crippen MR) is 60.6 cm³/mol. The summed E-state index contributed by atoms with van der Waals surface area (Å²) in [6, 6.07) is 3.96. The molecule has 0 unspecified atom stereocenters. The van der Waals surface area contributed by atoms with Crippen LogP contribution in [0, 0.1) is 5.92 Å². The van der Waals surface area contributed by atoms with E-state index < -0.39 is 6.09 Å². The molecule has 1 fully saturated rings. The van der Waals surface area contributed by atoms with E-state index in [9.17, 15) is 4.79 Å². The summed E-state index contributed by atoms with van der Waals surface area (Å²) in [6.07, 6.45) is 1.93. The average molecular weight is 221 g/mol. The highest BCUT2D eigenvalue weighted by Crippen LogP contribution is 2.20. The van der Waals surface area contributed by atoms with Crippen LogP contribution >= 0.6 is 0 Å². The van der Waals surface area contributed by atoms with Gasteiger partial charge in [0.05, 0.1) is 0 Å². The van der Waals surface area contributed by atoms with Crippen LogP contribution < -0.4 is 5.32 Å². The lowest BCUT2D eigenvalue weighted by Gasteiger charge is -2.37. The van der Waals surface area contributed by atoms with Crippen LogP contribution in [0.1, 0.15) is 5.56 Å². The van der Waals surface area contributed by atoms with Crippen molar-refractivity contribution in [3.05, 3.63) is 23.9 Å². The summed E-state index contributed by atoms with van der Waals surface area (Å²) >= 11 is 0. The third kappa shape index (κ3) is 2.24. The summed E-state index contributed by atoms with van der Waals surface area (Å²) in [4.78, 5) is 16.2. The van der Waals surface area contributed by atoms with Crippen LogP contribution in [0.2, 0.25) is 0 Å². The topological polar surface area (TPSA) is 65.5 Å². The van der Waals surface area contributed by atoms with Crippen LogP contribution in [0.25, 0.3) is 0 Å². The molecule has 1 aliphatic heterocycles. The fourth-order valence-electron chi connectivity index (χ4n) is 1.88. The van der Waals surface area contributed by atoms with Gasteiger partial charge in [-0.1, -0.05) is 6.07 Å². The quantitative estimate of drug-likeness (QED) is 0.806. The van der Waals surface area contributed by atoms with Gasteiger partial charge in [0.15, 0.2) is 0 Å². The van der Waals surface area contributed by atoms with Gasteiger partial charge in [-0.15, -0.1) is 0 Å². The summed E-state index contributed by atoms with van der Waals surface area (Å²) in [5.74, 6) is 1.29. The first kappa shape index (κ1) is 10.7. The molecule has 0 radical (unpaired) electrons. The van der Waals surface area contributed by atoms with Crippen molar-refractivity contribution in [3.8, 4) is 0 Å². The lowest BCUT2D eigenvalue weighted by molar-refractivity contribution is 0.0819. The van der Waals surface area contributed by atoms with E-state index in [4.69, 9.17) is 5.11 Å². The Kier molecular flexibility index (Phi) is 2.94. The molecule has 0 aliphatic carbocycles. The summed E-state index contributed by atoms with van der Waals surface area (Å²) in [6.45, 7) is 1.28. The van der Waals surface area contributed by atoms with Gasteiger partial charge in [-0.3, -0.25) is 0 Å². The van der Waals surface area contributed by atoms with Gasteiger partial charge < -0.3 is 15.3 Å². The third-order valence-corrected chi connectivity index (χ3v) is 2.83. The minimum Gasteiger partial charge on any atom is -0.465 e. The standard InChI is InChI=1S/C11H15N3O2/c1-12-10-3-2-8(5-13-10)4-9-6-14(7-9)11(15)16/h2-3,5,9H,4,6-7H2,1H3,(H,12,13)(H,15,16).